The van der Waals surface area contributed by atoms with E-state index in [-0.39, 0.29) is 18.4 Å². The van der Waals surface area contributed by atoms with Gasteiger partial charge in [0, 0.05) is 30.6 Å². The van der Waals surface area contributed by atoms with E-state index in [0.29, 0.717) is 11.7 Å². The normalized spacial score (nSPS) is 18.3. The van der Waals surface area contributed by atoms with E-state index in [2.05, 4.69) is 32.4 Å². The summed E-state index contributed by atoms with van der Waals surface area (Å²) in [4.78, 5) is 11.4. The van der Waals surface area contributed by atoms with Gasteiger partial charge in [0.05, 0.1) is 6.04 Å². The summed E-state index contributed by atoms with van der Waals surface area (Å²) in [5.41, 5.74) is 1.83. The maximum atomic E-state index is 5.43. The van der Waals surface area contributed by atoms with Crippen molar-refractivity contribution >= 4 is 23.7 Å². The summed E-state index contributed by atoms with van der Waals surface area (Å²) in [6.45, 7) is 2.80. The lowest BCUT2D eigenvalue weighted by Gasteiger charge is -2.30. The van der Waals surface area contributed by atoms with Crippen molar-refractivity contribution in [1.29, 1.82) is 0 Å². The molecule has 4 rings (SSSR count). The Kier molecular flexibility index (Phi) is 5.25. The molecular formula is C16H18ClN5OS. The van der Waals surface area contributed by atoms with E-state index in [0.717, 1.165) is 35.9 Å². The molecule has 8 heteroatoms. The molecule has 1 fully saturated rings. The first-order valence-electron chi connectivity index (χ1n) is 7.57. The van der Waals surface area contributed by atoms with Crippen LogP contribution in [-0.4, -0.2) is 46.7 Å². The number of piperazine rings is 1. The largest absolute Gasteiger partial charge is 0.332 e. The highest BCUT2D eigenvalue weighted by atomic mass is 35.5. The summed E-state index contributed by atoms with van der Waals surface area (Å²) in [5, 5.41) is 10.4. The Labute approximate surface area is 150 Å². The lowest BCUT2D eigenvalue weighted by Crippen LogP contribution is -2.44. The standard InChI is InChI=1S/C16H17N5OS.ClH/c1-21-8-7-17-9-13(21)14-19-15(22-20-14)12-10-23-16(18-12)11-5-3-2-4-6-11;/h2-6,10,13,17H,7-9H2,1H3;1H. The number of nitrogens with zero attached hydrogens (tertiary/aromatic N) is 4. The van der Waals surface area contributed by atoms with Crippen molar-refractivity contribution in [3.63, 3.8) is 0 Å². The first kappa shape index (κ1) is 17.0. The number of thiazole rings is 1. The van der Waals surface area contributed by atoms with Crippen LogP contribution in [0.4, 0.5) is 0 Å². The molecule has 0 bridgehead atoms. The van der Waals surface area contributed by atoms with Gasteiger partial charge < -0.3 is 9.84 Å². The highest BCUT2D eigenvalue weighted by Crippen LogP contribution is 2.29. The molecule has 3 heterocycles. The van der Waals surface area contributed by atoms with Crippen molar-refractivity contribution in [2.75, 3.05) is 26.7 Å². The van der Waals surface area contributed by atoms with Crippen molar-refractivity contribution in [2.24, 2.45) is 0 Å². The van der Waals surface area contributed by atoms with Crippen LogP contribution < -0.4 is 5.32 Å². The van der Waals surface area contributed by atoms with Crippen LogP contribution in [0.2, 0.25) is 0 Å². The molecule has 1 aliphatic rings. The molecule has 3 aromatic rings. The van der Waals surface area contributed by atoms with Crippen LogP contribution >= 0.6 is 23.7 Å². The molecule has 1 aromatic carbocycles. The monoisotopic (exact) mass is 363 g/mol. The lowest BCUT2D eigenvalue weighted by atomic mass is 10.2. The quantitative estimate of drug-likeness (QED) is 0.771. The van der Waals surface area contributed by atoms with Crippen LogP contribution in [0.3, 0.4) is 0 Å². The molecular weight excluding hydrogens is 346 g/mol. The van der Waals surface area contributed by atoms with E-state index in [1.165, 1.54) is 0 Å². The maximum Gasteiger partial charge on any atom is 0.277 e. The molecule has 24 heavy (non-hydrogen) atoms. The molecule has 1 atom stereocenters. The van der Waals surface area contributed by atoms with E-state index < -0.39 is 0 Å². The molecule has 2 aromatic heterocycles. The maximum absolute atomic E-state index is 5.43. The van der Waals surface area contributed by atoms with Crippen molar-refractivity contribution in [3.05, 3.63) is 41.5 Å². The number of aromatic nitrogens is 3. The third-order valence-electron chi connectivity index (χ3n) is 3.99. The second kappa shape index (κ2) is 7.40. The molecule has 1 N–H and O–H groups in total. The zero-order valence-corrected chi connectivity index (χ0v) is 14.8. The summed E-state index contributed by atoms with van der Waals surface area (Å²) in [7, 11) is 2.08. The number of rotatable bonds is 3. The van der Waals surface area contributed by atoms with Gasteiger partial charge in [0.15, 0.2) is 5.82 Å². The van der Waals surface area contributed by atoms with Crippen LogP contribution in [0.15, 0.2) is 40.2 Å². The number of hydrogen-bond acceptors (Lipinski definition) is 7. The summed E-state index contributed by atoms with van der Waals surface area (Å²) < 4.78 is 5.43. The Morgan fingerprint density at radius 2 is 2.08 bits per heavy atom. The third-order valence-corrected chi connectivity index (χ3v) is 4.89. The predicted octanol–water partition coefficient (Wildman–Crippen LogP) is 2.86. The average molecular weight is 364 g/mol. The van der Waals surface area contributed by atoms with Crippen molar-refractivity contribution in [1.82, 2.24) is 25.3 Å². The van der Waals surface area contributed by atoms with E-state index >= 15 is 0 Å². The minimum atomic E-state index is 0. The van der Waals surface area contributed by atoms with E-state index in [1.807, 2.05) is 35.7 Å². The van der Waals surface area contributed by atoms with Gasteiger partial charge >= 0.3 is 0 Å². The average Bonchev–Trinajstić information content (AvgIpc) is 3.25. The number of halogens is 1. The van der Waals surface area contributed by atoms with Crippen LogP contribution in [0.25, 0.3) is 22.2 Å². The topological polar surface area (TPSA) is 67.1 Å². The molecule has 0 radical (unpaired) electrons. The molecule has 0 amide bonds. The van der Waals surface area contributed by atoms with Crippen molar-refractivity contribution in [2.45, 2.75) is 6.04 Å². The smallest absolute Gasteiger partial charge is 0.277 e. The molecule has 0 saturated carbocycles. The highest BCUT2D eigenvalue weighted by Gasteiger charge is 2.26. The van der Waals surface area contributed by atoms with Crippen LogP contribution in [-0.2, 0) is 0 Å². The minimum absolute atomic E-state index is 0. The molecule has 6 nitrogen and oxygen atoms in total. The molecule has 0 aliphatic carbocycles. The fraction of sp³-hybridized carbons (Fsp3) is 0.312. The van der Waals surface area contributed by atoms with Gasteiger partial charge in [-0.1, -0.05) is 35.5 Å². The molecule has 126 valence electrons. The van der Waals surface area contributed by atoms with Gasteiger partial charge in [-0.05, 0) is 7.05 Å². The Bertz CT molecular complexity index is 791. The zero-order valence-electron chi connectivity index (χ0n) is 13.2. The fourth-order valence-electron chi connectivity index (χ4n) is 2.65. The summed E-state index contributed by atoms with van der Waals surface area (Å²) in [6, 6.07) is 10.3. The number of likely N-dealkylation sites (N-methyl/N-ethyl adjacent to an activating group) is 1. The summed E-state index contributed by atoms with van der Waals surface area (Å²) in [5.74, 6) is 1.20. The molecule has 1 unspecified atom stereocenters. The van der Waals surface area contributed by atoms with Crippen LogP contribution in [0.5, 0.6) is 0 Å². The third kappa shape index (κ3) is 3.34. The SMILES string of the molecule is CN1CCNCC1c1noc(-c2csc(-c3ccccc3)n2)n1.Cl. The Morgan fingerprint density at radius 3 is 2.88 bits per heavy atom. The Morgan fingerprint density at radius 1 is 1.25 bits per heavy atom. The molecule has 1 aliphatic heterocycles. The fourth-order valence-corrected chi connectivity index (χ4v) is 3.45. The van der Waals surface area contributed by atoms with E-state index in [1.54, 1.807) is 11.3 Å². The highest BCUT2D eigenvalue weighted by molar-refractivity contribution is 7.13. The second-order valence-electron chi connectivity index (χ2n) is 5.56. The number of benzene rings is 1. The van der Waals surface area contributed by atoms with Crippen molar-refractivity contribution in [3.8, 4) is 22.2 Å². The summed E-state index contributed by atoms with van der Waals surface area (Å²) >= 11 is 1.58. The predicted molar refractivity (Wildman–Crippen MR) is 96.3 cm³/mol. The minimum Gasteiger partial charge on any atom is -0.332 e. The zero-order chi connectivity index (χ0) is 15.6. The molecule has 0 spiro atoms. The second-order valence-corrected chi connectivity index (χ2v) is 6.42. The van der Waals surface area contributed by atoms with Crippen molar-refractivity contribution < 1.29 is 4.52 Å². The van der Waals surface area contributed by atoms with E-state index in [4.69, 9.17) is 4.52 Å². The van der Waals surface area contributed by atoms with Gasteiger partial charge in [-0.2, -0.15) is 4.98 Å². The van der Waals surface area contributed by atoms with Gasteiger partial charge in [0.25, 0.3) is 5.89 Å². The van der Waals surface area contributed by atoms with E-state index in [9.17, 15) is 0 Å². The Hall–Kier alpha value is -1.80. The van der Waals surface area contributed by atoms with Gasteiger partial charge in [-0.3, -0.25) is 4.90 Å². The first-order valence-corrected chi connectivity index (χ1v) is 8.45. The first-order chi connectivity index (χ1) is 11.3. The van der Waals surface area contributed by atoms with Gasteiger partial charge in [0.2, 0.25) is 0 Å². The van der Waals surface area contributed by atoms with Gasteiger partial charge in [-0.15, -0.1) is 23.7 Å². The van der Waals surface area contributed by atoms with Crippen LogP contribution in [0, 0.1) is 0 Å². The lowest BCUT2D eigenvalue weighted by molar-refractivity contribution is 0.190. The Balaban J connectivity index is 0.00000169. The number of hydrogen-bond donors (Lipinski definition) is 1. The number of nitrogens with one attached hydrogen (secondary N) is 1. The van der Waals surface area contributed by atoms with Gasteiger partial charge in [0.1, 0.15) is 10.7 Å². The summed E-state index contributed by atoms with van der Waals surface area (Å²) in [6.07, 6.45) is 0. The van der Waals surface area contributed by atoms with Crippen LogP contribution in [0.1, 0.15) is 11.9 Å². The van der Waals surface area contributed by atoms with Gasteiger partial charge in [-0.25, -0.2) is 4.98 Å². The molecule has 1 saturated heterocycles.